The lowest BCUT2D eigenvalue weighted by molar-refractivity contribution is -0.145. The second-order valence-corrected chi connectivity index (χ2v) is 5.89. The second-order valence-electron chi connectivity index (χ2n) is 5.89. The van der Waals surface area contributed by atoms with Crippen molar-refractivity contribution in [3.05, 3.63) is 29.8 Å². The lowest BCUT2D eigenvalue weighted by Crippen LogP contribution is -2.45. The SMILES string of the molecule is COB(OC)c1ccc(C[C@@H](NC(=O)[C@@H]2CCOC2)C(=O)OC)cc1. The van der Waals surface area contributed by atoms with Crippen molar-refractivity contribution in [3.63, 3.8) is 0 Å². The van der Waals surface area contributed by atoms with Gasteiger partial charge in [-0.05, 0) is 17.4 Å². The minimum Gasteiger partial charge on any atom is -0.467 e. The van der Waals surface area contributed by atoms with Gasteiger partial charge in [-0.15, -0.1) is 0 Å². The molecule has 1 heterocycles. The topological polar surface area (TPSA) is 83.1 Å². The Morgan fingerprint density at radius 1 is 1.24 bits per heavy atom. The highest BCUT2D eigenvalue weighted by atomic mass is 16.6. The van der Waals surface area contributed by atoms with Gasteiger partial charge in [-0.25, -0.2) is 4.79 Å². The number of methoxy groups -OCH3 is 1. The van der Waals surface area contributed by atoms with E-state index in [4.69, 9.17) is 18.8 Å². The van der Waals surface area contributed by atoms with Crippen molar-refractivity contribution in [2.24, 2.45) is 5.92 Å². The zero-order valence-corrected chi connectivity index (χ0v) is 14.8. The smallest absolute Gasteiger partial charge is 0.467 e. The zero-order valence-electron chi connectivity index (χ0n) is 14.8. The molecule has 0 aliphatic carbocycles. The molecule has 25 heavy (non-hydrogen) atoms. The van der Waals surface area contributed by atoms with Gasteiger partial charge in [-0.1, -0.05) is 24.3 Å². The van der Waals surface area contributed by atoms with Gasteiger partial charge in [-0.2, -0.15) is 0 Å². The van der Waals surface area contributed by atoms with Gasteiger partial charge in [0.05, 0.1) is 19.6 Å². The van der Waals surface area contributed by atoms with E-state index in [9.17, 15) is 9.59 Å². The van der Waals surface area contributed by atoms with E-state index < -0.39 is 19.1 Å². The van der Waals surface area contributed by atoms with E-state index in [1.54, 1.807) is 14.2 Å². The number of carbonyl (C=O) groups excluding carboxylic acids is 2. The molecule has 1 saturated heterocycles. The fraction of sp³-hybridized carbons (Fsp3) is 0.529. The highest BCUT2D eigenvalue weighted by Crippen LogP contribution is 2.13. The summed E-state index contributed by atoms with van der Waals surface area (Å²) in [6.07, 6.45) is 1.01. The van der Waals surface area contributed by atoms with Crippen LogP contribution in [0, 0.1) is 5.92 Å². The van der Waals surface area contributed by atoms with Crippen LogP contribution in [-0.4, -0.2) is 59.6 Å². The van der Waals surface area contributed by atoms with Crippen LogP contribution in [0.2, 0.25) is 0 Å². The maximum atomic E-state index is 12.3. The summed E-state index contributed by atoms with van der Waals surface area (Å²) in [5.41, 5.74) is 1.77. The highest BCUT2D eigenvalue weighted by molar-refractivity contribution is 6.61. The lowest BCUT2D eigenvalue weighted by atomic mass is 9.78. The molecule has 7 nitrogen and oxygen atoms in total. The number of nitrogens with one attached hydrogen (secondary N) is 1. The Bertz CT molecular complexity index is 569. The number of ether oxygens (including phenoxy) is 2. The lowest BCUT2D eigenvalue weighted by Gasteiger charge is -2.19. The van der Waals surface area contributed by atoms with Crippen LogP contribution in [-0.2, 0) is 34.8 Å². The molecule has 1 fully saturated rings. The first kappa shape index (κ1) is 19.4. The van der Waals surface area contributed by atoms with Crippen molar-refractivity contribution in [2.75, 3.05) is 34.5 Å². The average Bonchev–Trinajstić information content (AvgIpc) is 3.17. The third kappa shape index (κ3) is 5.29. The summed E-state index contributed by atoms with van der Waals surface area (Å²) in [5.74, 6) is -0.856. The Kier molecular flexibility index (Phi) is 7.42. The first-order valence-corrected chi connectivity index (χ1v) is 8.19. The minimum absolute atomic E-state index is 0.177. The first-order valence-electron chi connectivity index (χ1n) is 8.19. The summed E-state index contributed by atoms with van der Waals surface area (Å²) in [7, 11) is 4.01. The van der Waals surface area contributed by atoms with Crippen molar-refractivity contribution in [1.29, 1.82) is 0 Å². The Labute approximate surface area is 148 Å². The number of benzene rings is 1. The van der Waals surface area contributed by atoms with Crippen LogP contribution >= 0.6 is 0 Å². The Morgan fingerprint density at radius 2 is 1.92 bits per heavy atom. The standard InChI is InChI=1S/C17H24BNO6/c1-22-17(21)15(19-16(20)13-8-9-25-11-13)10-12-4-6-14(7-5-12)18(23-2)24-3/h4-7,13,15H,8-11H2,1-3H3,(H,19,20)/t13-,15-/m1/s1. The third-order valence-electron chi connectivity index (χ3n) is 4.22. The molecule has 2 rings (SSSR count). The normalized spacial score (nSPS) is 17.8. The Hall–Kier alpha value is -1.90. The maximum Gasteiger partial charge on any atom is 0.493 e. The van der Waals surface area contributed by atoms with Crippen molar-refractivity contribution in [2.45, 2.75) is 18.9 Å². The van der Waals surface area contributed by atoms with Crippen molar-refractivity contribution < 1.29 is 28.4 Å². The molecule has 1 aliphatic heterocycles. The van der Waals surface area contributed by atoms with Gasteiger partial charge in [0.25, 0.3) is 0 Å². The van der Waals surface area contributed by atoms with E-state index in [0.29, 0.717) is 26.1 Å². The van der Waals surface area contributed by atoms with Crippen molar-refractivity contribution in [1.82, 2.24) is 5.32 Å². The Balaban J connectivity index is 2.03. The Morgan fingerprint density at radius 3 is 2.44 bits per heavy atom. The van der Waals surface area contributed by atoms with Crippen LogP contribution in [0.15, 0.2) is 24.3 Å². The number of hydrogen-bond acceptors (Lipinski definition) is 6. The molecule has 1 aliphatic rings. The van der Waals surface area contributed by atoms with Gasteiger partial charge >= 0.3 is 13.1 Å². The minimum atomic E-state index is -0.732. The van der Waals surface area contributed by atoms with Gasteiger partial charge in [0.1, 0.15) is 6.04 Å². The van der Waals surface area contributed by atoms with Crippen molar-refractivity contribution in [3.8, 4) is 0 Å². The van der Waals surface area contributed by atoms with E-state index in [0.717, 1.165) is 11.0 Å². The van der Waals surface area contributed by atoms with Gasteiger partial charge in [-0.3, -0.25) is 4.79 Å². The van der Waals surface area contributed by atoms with Crippen molar-refractivity contribution >= 4 is 24.5 Å². The van der Waals surface area contributed by atoms with Crippen LogP contribution in [0.1, 0.15) is 12.0 Å². The van der Waals surface area contributed by atoms with Gasteiger partial charge in [0, 0.05) is 27.2 Å². The summed E-state index contributed by atoms with van der Waals surface area (Å²) in [6, 6.07) is 6.76. The molecule has 1 amide bonds. The quantitative estimate of drug-likeness (QED) is 0.522. The number of hydrogen-bond donors (Lipinski definition) is 1. The number of rotatable bonds is 8. The summed E-state index contributed by atoms with van der Waals surface area (Å²) in [5, 5.41) is 2.77. The predicted octanol–water partition coefficient (Wildman–Crippen LogP) is -0.0886. The molecular weight excluding hydrogens is 325 g/mol. The average molecular weight is 349 g/mol. The number of esters is 1. The molecule has 2 atom stereocenters. The van der Waals surface area contributed by atoms with Crippen LogP contribution in [0.4, 0.5) is 0 Å². The molecule has 0 bridgehead atoms. The summed E-state index contributed by atoms with van der Waals surface area (Å²) < 4.78 is 20.5. The molecule has 0 unspecified atom stereocenters. The van der Waals surface area contributed by atoms with Gasteiger partial charge in [0.2, 0.25) is 5.91 Å². The zero-order chi connectivity index (χ0) is 18.2. The molecular formula is C17H24BNO6. The molecule has 0 aromatic heterocycles. The van der Waals surface area contributed by atoms with Crippen LogP contribution in [0.5, 0.6) is 0 Å². The third-order valence-corrected chi connectivity index (χ3v) is 4.22. The van der Waals surface area contributed by atoms with E-state index in [1.807, 2.05) is 24.3 Å². The summed E-state index contributed by atoms with van der Waals surface area (Å²) in [6.45, 7) is 0.965. The van der Waals surface area contributed by atoms with E-state index in [-0.39, 0.29) is 11.8 Å². The van der Waals surface area contributed by atoms with Crippen LogP contribution in [0.3, 0.4) is 0 Å². The largest absolute Gasteiger partial charge is 0.493 e. The number of carbonyl (C=O) groups is 2. The maximum absolute atomic E-state index is 12.3. The van der Waals surface area contributed by atoms with Gasteiger partial charge < -0.3 is 24.1 Å². The monoisotopic (exact) mass is 349 g/mol. The van der Waals surface area contributed by atoms with Crippen LogP contribution in [0.25, 0.3) is 0 Å². The first-order chi connectivity index (χ1) is 12.1. The van der Waals surface area contributed by atoms with E-state index >= 15 is 0 Å². The molecule has 0 spiro atoms. The fourth-order valence-corrected chi connectivity index (χ4v) is 2.78. The summed E-state index contributed by atoms with van der Waals surface area (Å²) in [4.78, 5) is 24.3. The molecule has 1 aromatic rings. The second kappa shape index (κ2) is 9.55. The number of amides is 1. The predicted molar refractivity (Wildman–Crippen MR) is 92.4 cm³/mol. The molecule has 1 N–H and O–H groups in total. The van der Waals surface area contributed by atoms with E-state index in [2.05, 4.69) is 5.32 Å². The molecule has 0 saturated carbocycles. The van der Waals surface area contributed by atoms with Crippen LogP contribution < -0.4 is 10.8 Å². The van der Waals surface area contributed by atoms with E-state index in [1.165, 1.54) is 7.11 Å². The molecule has 0 radical (unpaired) electrons. The molecule has 1 aromatic carbocycles. The molecule has 136 valence electrons. The highest BCUT2D eigenvalue weighted by Gasteiger charge is 2.29. The summed E-state index contributed by atoms with van der Waals surface area (Å²) >= 11 is 0. The molecule has 8 heteroatoms. The fourth-order valence-electron chi connectivity index (χ4n) is 2.78. The van der Waals surface area contributed by atoms with Gasteiger partial charge in [0.15, 0.2) is 0 Å².